The minimum absolute atomic E-state index is 0.105. The predicted octanol–water partition coefficient (Wildman–Crippen LogP) is 4.00. The van der Waals surface area contributed by atoms with Gasteiger partial charge in [0, 0.05) is 24.7 Å². The summed E-state index contributed by atoms with van der Waals surface area (Å²) in [5, 5.41) is 0. The first-order valence-corrected chi connectivity index (χ1v) is 10.7. The molecule has 1 saturated heterocycles. The third-order valence-corrected chi connectivity index (χ3v) is 5.33. The third-order valence-electron chi connectivity index (χ3n) is 5.33. The molecule has 7 heteroatoms. The van der Waals surface area contributed by atoms with Crippen LogP contribution in [0.25, 0.3) is 0 Å². The van der Waals surface area contributed by atoms with E-state index in [-0.39, 0.29) is 11.3 Å². The molecule has 1 fully saturated rings. The van der Waals surface area contributed by atoms with Crippen molar-refractivity contribution in [3.8, 4) is 5.75 Å². The van der Waals surface area contributed by atoms with Crippen LogP contribution in [0.1, 0.15) is 50.6 Å². The summed E-state index contributed by atoms with van der Waals surface area (Å²) in [5.74, 6) is 0.782. The van der Waals surface area contributed by atoms with Gasteiger partial charge in [-0.1, -0.05) is 32.9 Å². The van der Waals surface area contributed by atoms with Crippen molar-refractivity contribution in [3.05, 3.63) is 47.2 Å². The molecular weight excluding hydrogens is 398 g/mol. The molecule has 0 amide bonds. The van der Waals surface area contributed by atoms with E-state index >= 15 is 0 Å². The van der Waals surface area contributed by atoms with Crippen LogP contribution < -0.4 is 4.74 Å². The Bertz CT molecular complexity index is 872. The maximum Gasteiger partial charge on any atom is 0.366 e. The molecule has 7 nitrogen and oxygen atoms in total. The predicted molar refractivity (Wildman–Crippen MR) is 115 cm³/mol. The highest BCUT2D eigenvalue weighted by Gasteiger charge is 2.41. The number of rotatable bonds is 7. The van der Waals surface area contributed by atoms with Crippen LogP contribution in [0.5, 0.6) is 5.75 Å². The summed E-state index contributed by atoms with van der Waals surface area (Å²) in [5.41, 5.74) is 2.00. The average molecular weight is 432 g/mol. The summed E-state index contributed by atoms with van der Waals surface area (Å²) in [6, 6.07) is 8.02. The van der Waals surface area contributed by atoms with Gasteiger partial charge in [0.05, 0.1) is 32.6 Å². The van der Waals surface area contributed by atoms with E-state index in [1.54, 1.807) is 6.92 Å². The number of aromatic nitrogens is 1. The minimum atomic E-state index is -1.31. The van der Waals surface area contributed by atoms with Crippen molar-refractivity contribution in [2.45, 2.75) is 58.7 Å². The number of carbonyl (C=O) groups excluding carboxylic acids is 1. The second-order valence-corrected chi connectivity index (χ2v) is 9.14. The van der Waals surface area contributed by atoms with E-state index in [1.807, 2.05) is 31.2 Å². The third kappa shape index (κ3) is 5.86. The molecule has 1 aromatic carbocycles. The molecule has 0 radical (unpaired) electrons. The number of oxazole rings is 1. The van der Waals surface area contributed by atoms with Crippen LogP contribution in [0.4, 0.5) is 0 Å². The molecule has 2 aromatic rings. The van der Waals surface area contributed by atoms with Gasteiger partial charge in [-0.15, -0.1) is 0 Å². The molecule has 0 spiro atoms. The first kappa shape index (κ1) is 23.3. The first-order valence-electron chi connectivity index (χ1n) is 10.7. The summed E-state index contributed by atoms with van der Waals surface area (Å²) in [4.78, 5) is 16.4. The highest BCUT2D eigenvalue weighted by Crippen LogP contribution is 2.26. The van der Waals surface area contributed by atoms with Crippen LogP contribution >= 0.6 is 0 Å². The van der Waals surface area contributed by atoms with Crippen molar-refractivity contribution in [1.29, 1.82) is 0 Å². The average Bonchev–Trinajstić information content (AvgIpc) is 3.11. The molecule has 1 aromatic heterocycles. The molecule has 170 valence electrons. The molecule has 31 heavy (non-hydrogen) atoms. The Kier molecular flexibility index (Phi) is 7.06. The van der Waals surface area contributed by atoms with Crippen LogP contribution in [0, 0.1) is 12.8 Å². The molecule has 0 unspecified atom stereocenters. The van der Waals surface area contributed by atoms with Crippen molar-refractivity contribution in [2.24, 2.45) is 5.92 Å². The minimum Gasteiger partial charge on any atom is -0.493 e. The van der Waals surface area contributed by atoms with E-state index in [0.29, 0.717) is 26.2 Å². The van der Waals surface area contributed by atoms with Gasteiger partial charge in [0.25, 0.3) is 5.79 Å². The number of carbonyl (C=O) groups is 1. The Balaban J connectivity index is 1.46. The first-order chi connectivity index (χ1) is 14.6. The summed E-state index contributed by atoms with van der Waals surface area (Å²) >= 11 is 0. The zero-order valence-electron chi connectivity index (χ0n) is 19.3. The van der Waals surface area contributed by atoms with Crippen molar-refractivity contribution < 1.29 is 28.2 Å². The largest absolute Gasteiger partial charge is 0.493 e. The highest BCUT2D eigenvalue weighted by atomic mass is 16.7. The number of hydrogen-bond donors (Lipinski definition) is 0. The fourth-order valence-corrected chi connectivity index (χ4v) is 3.37. The van der Waals surface area contributed by atoms with E-state index < -0.39 is 11.8 Å². The van der Waals surface area contributed by atoms with Gasteiger partial charge in [-0.3, -0.25) is 0 Å². The molecule has 2 heterocycles. The van der Waals surface area contributed by atoms with Crippen molar-refractivity contribution in [3.63, 3.8) is 0 Å². The maximum atomic E-state index is 11.7. The second-order valence-electron chi connectivity index (χ2n) is 9.14. The van der Waals surface area contributed by atoms with Gasteiger partial charge in [-0.25, -0.2) is 9.78 Å². The Morgan fingerprint density at radius 3 is 2.39 bits per heavy atom. The summed E-state index contributed by atoms with van der Waals surface area (Å²) in [6.07, 6.45) is 1.49. The monoisotopic (exact) mass is 431 g/mol. The van der Waals surface area contributed by atoms with E-state index in [1.165, 1.54) is 7.11 Å². The number of esters is 1. The van der Waals surface area contributed by atoms with Crippen LogP contribution in [-0.4, -0.2) is 43.7 Å². The molecule has 1 aliphatic rings. The lowest BCUT2D eigenvalue weighted by molar-refractivity contribution is -0.272. The SMILES string of the molecule is COC(=O)C1(C)OCC(Cc2ccc(OCCc3nc(C(C)(C)C)oc3C)cc2)CO1. The summed E-state index contributed by atoms with van der Waals surface area (Å²) in [6.45, 7) is 11.2. The number of methoxy groups -OCH3 is 1. The van der Waals surface area contributed by atoms with E-state index in [4.69, 9.17) is 23.4 Å². The number of benzene rings is 1. The van der Waals surface area contributed by atoms with Crippen LogP contribution in [0.15, 0.2) is 28.7 Å². The zero-order chi connectivity index (χ0) is 22.6. The lowest BCUT2D eigenvalue weighted by Gasteiger charge is -2.35. The molecule has 1 aliphatic heterocycles. The van der Waals surface area contributed by atoms with Crippen LogP contribution in [0.2, 0.25) is 0 Å². The molecule has 3 rings (SSSR count). The van der Waals surface area contributed by atoms with Crippen LogP contribution in [-0.2, 0) is 37.3 Å². The molecule has 0 bridgehead atoms. The van der Waals surface area contributed by atoms with Gasteiger partial charge in [0.15, 0.2) is 5.89 Å². The van der Waals surface area contributed by atoms with Crippen molar-refractivity contribution in [1.82, 2.24) is 4.98 Å². The fourth-order valence-electron chi connectivity index (χ4n) is 3.37. The Hall–Kier alpha value is -2.38. The number of ether oxygens (including phenoxy) is 4. The Morgan fingerprint density at radius 1 is 1.19 bits per heavy atom. The fraction of sp³-hybridized carbons (Fsp3) is 0.583. The number of nitrogens with zero attached hydrogens (tertiary/aromatic N) is 1. The van der Waals surface area contributed by atoms with Gasteiger partial charge < -0.3 is 23.4 Å². The number of hydrogen-bond acceptors (Lipinski definition) is 7. The Morgan fingerprint density at radius 2 is 1.84 bits per heavy atom. The summed E-state index contributed by atoms with van der Waals surface area (Å²) in [7, 11) is 1.33. The van der Waals surface area contributed by atoms with Gasteiger partial charge in [0.2, 0.25) is 0 Å². The topological polar surface area (TPSA) is 80.0 Å². The normalized spacial score (nSPS) is 21.7. The molecule has 0 aliphatic carbocycles. The zero-order valence-corrected chi connectivity index (χ0v) is 19.3. The van der Waals surface area contributed by atoms with Gasteiger partial charge in [0.1, 0.15) is 11.5 Å². The summed E-state index contributed by atoms with van der Waals surface area (Å²) < 4.78 is 27.6. The molecule has 0 N–H and O–H groups in total. The van der Waals surface area contributed by atoms with Crippen LogP contribution in [0.3, 0.4) is 0 Å². The van der Waals surface area contributed by atoms with Crippen molar-refractivity contribution >= 4 is 5.97 Å². The quantitative estimate of drug-likeness (QED) is 0.613. The lowest BCUT2D eigenvalue weighted by atomic mass is 9.97. The smallest absolute Gasteiger partial charge is 0.366 e. The lowest BCUT2D eigenvalue weighted by Crippen LogP contribution is -2.48. The van der Waals surface area contributed by atoms with E-state index in [0.717, 1.165) is 35.1 Å². The second kappa shape index (κ2) is 9.40. The van der Waals surface area contributed by atoms with Gasteiger partial charge in [-0.2, -0.15) is 0 Å². The molecule has 0 atom stereocenters. The van der Waals surface area contributed by atoms with Gasteiger partial charge in [-0.05, 0) is 31.0 Å². The molecule has 0 saturated carbocycles. The molecular formula is C24H33NO6. The van der Waals surface area contributed by atoms with E-state index in [2.05, 4.69) is 25.8 Å². The highest BCUT2D eigenvalue weighted by molar-refractivity contribution is 5.77. The standard InChI is InChI=1S/C24H33NO6/c1-16-20(25-21(31-16)23(2,3)4)11-12-28-19-9-7-17(8-10-19)13-18-14-29-24(5,30-15-18)22(26)27-6/h7-10,18H,11-15H2,1-6H3. The Labute approximate surface area is 184 Å². The maximum absolute atomic E-state index is 11.7. The van der Waals surface area contributed by atoms with Crippen molar-refractivity contribution in [2.75, 3.05) is 26.9 Å². The number of aryl methyl sites for hydroxylation is 1. The van der Waals surface area contributed by atoms with Gasteiger partial charge >= 0.3 is 5.97 Å². The van der Waals surface area contributed by atoms with E-state index in [9.17, 15) is 4.79 Å².